The Hall–Kier alpha value is -2.14. The van der Waals surface area contributed by atoms with E-state index in [4.69, 9.17) is 5.11 Å². The fourth-order valence-electron chi connectivity index (χ4n) is 1.78. The number of benzene rings is 2. The van der Waals surface area contributed by atoms with E-state index in [1.807, 2.05) is 13.0 Å². The molecule has 0 unspecified atom stereocenters. The van der Waals surface area contributed by atoms with Crippen molar-refractivity contribution >= 4 is 27.8 Å². The van der Waals surface area contributed by atoms with E-state index in [0.29, 0.717) is 12.1 Å². The van der Waals surface area contributed by atoms with Crippen molar-refractivity contribution in [1.29, 1.82) is 0 Å². The molecule has 0 atom stereocenters. The first kappa shape index (κ1) is 15.3. The minimum Gasteiger partial charge on any atom is -0.478 e. The lowest BCUT2D eigenvalue weighted by Gasteiger charge is -2.07. The van der Waals surface area contributed by atoms with E-state index in [2.05, 4.69) is 21.2 Å². The maximum atomic E-state index is 12.0. The maximum Gasteiger partial charge on any atom is 0.335 e. The van der Waals surface area contributed by atoms with E-state index in [0.717, 1.165) is 15.6 Å². The van der Waals surface area contributed by atoms with Crippen molar-refractivity contribution in [2.75, 3.05) is 0 Å². The zero-order valence-corrected chi connectivity index (χ0v) is 13.0. The third-order valence-electron chi connectivity index (χ3n) is 3.09. The van der Waals surface area contributed by atoms with Crippen LogP contribution in [0.1, 0.15) is 31.8 Å². The van der Waals surface area contributed by atoms with Crippen LogP contribution in [0.5, 0.6) is 0 Å². The Morgan fingerprint density at radius 2 is 1.71 bits per heavy atom. The molecule has 0 heterocycles. The topological polar surface area (TPSA) is 66.4 Å². The Balaban J connectivity index is 2.00. The molecule has 0 fully saturated rings. The van der Waals surface area contributed by atoms with Gasteiger partial charge in [0.1, 0.15) is 0 Å². The highest BCUT2D eigenvalue weighted by atomic mass is 79.9. The number of hydrogen-bond donors (Lipinski definition) is 2. The number of carbonyl (C=O) groups excluding carboxylic acids is 1. The smallest absolute Gasteiger partial charge is 0.335 e. The third-order valence-corrected chi connectivity index (χ3v) is 3.94. The largest absolute Gasteiger partial charge is 0.478 e. The maximum absolute atomic E-state index is 12.0. The van der Waals surface area contributed by atoms with Crippen molar-refractivity contribution in [2.24, 2.45) is 0 Å². The highest BCUT2D eigenvalue weighted by Crippen LogP contribution is 2.17. The van der Waals surface area contributed by atoms with Crippen LogP contribution >= 0.6 is 15.9 Å². The summed E-state index contributed by atoms with van der Waals surface area (Å²) >= 11 is 3.40. The average molecular weight is 348 g/mol. The summed E-state index contributed by atoms with van der Waals surface area (Å²) in [7, 11) is 0. The molecule has 5 heteroatoms. The van der Waals surface area contributed by atoms with Gasteiger partial charge in [-0.1, -0.05) is 34.1 Å². The minimum atomic E-state index is -0.963. The molecule has 0 saturated heterocycles. The first-order chi connectivity index (χ1) is 9.97. The number of carboxylic acids is 1. The summed E-state index contributed by atoms with van der Waals surface area (Å²) in [6, 6.07) is 11.8. The van der Waals surface area contributed by atoms with Crippen molar-refractivity contribution in [2.45, 2.75) is 13.5 Å². The van der Waals surface area contributed by atoms with E-state index in [9.17, 15) is 9.59 Å². The lowest BCUT2D eigenvalue weighted by molar-refractivity contribution is 0.0696. The van der Waals surface area contributed by atoms with Crippen LogP contribution in [0.25, 0.3) is 0 Å². The predicted molar refractivity (Wildman–Crippen MR) is 83.5 cm³/mol. The van der Waals surface area contributed by atoms with Crippen molar-refractivity contribution < 1.29 is 14.7 Å². The molecule has 2 N–H and O–H groups in total. The summed E-state index contributed by atoms with van der Waals surface area (Å²) in [4.78, 5) is 22.8. The van der Waals surface area contributed by atoms with Gasteiger partial charge >= 0.3 is 5.97 Å². The van der Waals surface area contributed by atoms with Gasteiger partial charge in [-0.2, -0.15) is 0 Å². The van der Waals surface area contributed by atoms with Crippen molar-refractivity contribution in [3.8, 4) is 0 Å². The monoisotopic (exact) mass is 347 g/mol. The van der Waals surface area contributed by atoms with Crippen LogP contribution in [0.4, 0.5) is 0 Å². The van der Waals surface area contributed by atoms with Crippen LogP contribution < -0.4 is 5.32 Å². The Morgan fingerprint density at radius 1 is 1.10 bits per heavy atom. The van der Waals surface area contributed by atoms with E-state index in [1.165, 1.54) is 12.1 Å². The lowest BCUT2D eigenvalue weighted by Crippen LogP contribution is -2.22. The number of carbonyl (C=O) groups is 2. The van der Waals surface area contributed by atoms with Crippen LogP contribution in [-0.2, 0) is 6.54 Å². The third kappa shape index (κ3) is 3.92. The highest BCUT2D eigenvalue weighted by Gasteiger charge is 2.07. The zero-order chi connectivity index (χ0) is 15.4. The second kappa shape index (κ2) is 6.54. The Morgan fingerprint density at radius 3 is 2.29 bits per heavy atom. The number of rotatable bonds is 4. The molecule has 2 rings (SSSR count). The second-order valence-electron chi connectivity index (χ2n) is 4.65. The summed E-state index contributed by atoms with van der Waals surface area (Å²) in [5.41, 5.74) is 2.72. The van der Waals surface area contributed by atoms with Gasteiger partial charge in [0.2, 0.25) is 0 Å². The van der Waals surface area contributed by atoms with E-state index in [-0.39, 0.29) is 11.5 Å². The van der Waals surface area contributed by atoms with E-state index >= 15 is 0 Å². The molecule has 2 aromatic rings. The highest BCUT2D eigenvalue weighted by molar-refractivity contribution is 9.10. The number of hydrogen-bond acceptors (Lipinski definition) is 2. The number of nitrogens with one attached hydrogen (secondary N) is 1. The number of amides is 1. The first-order valence-electron chi connectivity index (χ1n) is 6.34. The van der Waals surface area contributed by atoms with Crippen molar-refractivity contribution in [3.63, 3.8) is 0 Å². The molecule has 2 aromatic carbocycles. The fraction of sp³-hybridized carbons (Fsp3) is 0.125. The summed E-state index contributed by atoms with van der Waals surface area (Å²) in [5.74, 6) is -1.13. The predicted octanol–water partition coefficient (Wildman–Crippen LogP) is 3.39. The molecule has 0 aliphatic rings. The number of aryl methyl sites for hydroxylation is 1. The zero-order valence-electron chi connectivity index (χ0n) is 11.4. The van der Waals surface area contributed by atoms with Gasteiger partial charge in [0, 0.05) is 16.6 Å². The molecule has 0 saturated carbocycles. The SMILES string of the molecule is Cc1ccc(C(=O)NCc2ccc(C(=O)O)cc2)cc1Br. The van der Waals surface area contributed by atoms with Gasteiger partial charge in [0.05, 0.1) is 5.56 Å². The van der Waals surface area contributed by atoms with Crippen LogP contribution in [0.3, 0.4) is 0 Å². The van der Waals surface area contributed by atoms with Crippen LogP contribution in [0.2, 0.25) is 0 Å². The normalized spacial score (nSPS) is 10.2. The number of carboxylic acid groups (broad SMARTS) is 1. The summed E-state index contributed by atoms with van der Waals surface area (Å²) in [6.45, 7) is 2.31. The molecular formula is C16H14BrNO3. The molecule has 21 heavy (non-hydrogen) atoms. The Labute approximate surface area is 130 Å². The molecule has 0 aliphatic carbocycles. The quantitative estimate of drug-likeness (QED) is 0.890. The van der Waals surface area contributed by atoms with Crippen LogP contribution in [0, 0.1) is 6.92 Å². The Bertz CT molecular complexity index is 680. The van der Waals surface area contributed by atoms with Gasteiger partial charge in [0.25, 0.3) is 5.91 Å². The molecule has 0 bridgehead atoms. The fourth-order valence-corrected chi connectivity index (χ4v) is 2.16. The number of halogens is 1. The van der Waals surface area contributed by atoms with Gasteiger partial charge in [0.15, 0.2) is 0 Å². The molecule has 0 aliphatic heterocycles. The van der Waals surface area contributed by atoms with Crippen LogP contribution in [0.15, 0.2) is 46.9 Å². The minimum absolute atomic E-state index is 0.169. The van der Waals surface area contributed by atoms with E-state index in [1.54, 1.807) is 24.3 Å². The molecule has 108 valence electrons. The molecule has 1 amide bonds. The molecule has 0 radical (unpaired) electrons. The summed E-state index contributed by atoms with van der Waals surface area (Å²) in [5, 5.41) is 11.6. The van der Waals surface area contributed by atoms with Gasteiger partial charge in [-0.15, -0.1) is 0 Å². The molecule has 0 spiro atoms. The molecular weight excluding hydrogens is 334 g/mol. The molecule has 0 aromatic heterocycles. The molecule has 4 nitrogen and oxygen atoms in total. The number of aromatic carboxylic acids is 1. The van der Waals surface area contributed by atoms with Crippen molar-refractivity contribution in [1.82, 2.24) is 5.32 Å². The standard InChI is InChI=1S/C16H14BrNO3/c1-10-2-5-13(8-14(10)17)15(19)18-9-11-3-6-12(7-4-11)16(20)21/h2-8H,9H2,1H3,(H,18,19)(H,20,21). The van der Waals surface area contributed by atoms with Gasteiger partial charge in [-0.25, -0.2) is 4.79 Å². The Kier molecular flexibility index (Phi) is 4.75. The van der Waals surface area contributed by atoms with Gasteiger partial charge < -0.3 is 10.4 Å². The van der Waals surface area contributed by atoms with Gasteiger partial charge in [-0.05, 0) is 42.3 Å². The first-order valence-corrected chi connectivity index (χ1v) is 7.13. The van der Waals surface area contributed by atoms with Crippen LogP contribution in [-0.4, -0.2) is 17.0 Å². The lowest BCUT2D eigenvalue weighted by atomic mass is 10.1. The average Bonchev–Trinajstić information content (AvgIpc) is 2.48. The van der Waals surface area contributed by atoms with Gasteiger partial charge in [-0.3, -0.25) is 4.79 Å². The second-order valence-corrected chi connectivity index (χ2v) is 5.50. The van der Waals surface area contributed by atoms with E-state index < -0.39 is 5.97 Å². The van der Waals surface area contributed by atoms with Crippen molar-refractivity contribution in [3.05, 3.63) is 69.2 Å². The summed E-state index contributed by atoms with van der Waals surface area (Å²) < 4.78 is 0.890. The summed E-state index contributed by atoms with van der Waals surface area (Å²) in [6.07, 6.45) is 0.